The first-order valence-electron chi connectivity index (χ1n) is 6.91. The third-order valence-electron chi connectivity index (χ3n) is 3.99. The number of rotatable bonds is 5. The van der Waals surface area contributed by atoms with Gasteiger partial charge in [0.15, 0.2) is 0 Å². The van der Waals surface area contributed by atoms with Crippen LogP contribution in [0.5, 0.6) is 11.5 Å². The number of hydrogen-bond donors (Lipinski definition) is 1. The molecule has 112 valence electrons. The summed E-state index contributed by atoms with van der Waals surface area (Å²) in [5.41, 5.74) is 7.46. The lowest BCUT2D eigenvalue weighted by molar-refractivity contribution is 0.0811. The first-order chi connectivity index (χ1) is 9.62. The molecule has 0 bridgehead atoms. The fourth-order valence-electron chi connectivity index (χ4n) is 2.87. The molecule has 0 aromatic heterocycles. The lowest BCUT2D eigenvalue weighted by atomic mass is 9.87. The number of halogens is 1. The van der Waals surface area contributed by atoms with Crippen LogP contribution >= 0.6 is 15.9 Å². The topological polar surface area (TPSA) is 53.7 Å². The van der Waals surface area contributed by atoms with Crippen LogP contribution in [0.2, 0.25) is 0 Å². The Labute approximate surface area is 128 Å². The van der Waals surface area contributed by atoms with Crippen molar-refractivity contribution in [3.63, 3.8) is 0 Å². The van der Waals surface area contributed by atoms with Crippen LogP contribution in [-0.2, 0) is 4.74 Å². The minimum absolute atomic E-state index is 0.112. The minimum atomic E-state index is -0.112. The zero-order valence-corrected chi connectivity index (χ0v) is 13.8. The predicted octanol–water partition coefficient (Wildman–Crippen LogP) is 3.28. The summed E-state index contributed by atoms with van der Waals surface area (Å²) in [6, 6.07) is 3.75. The molecule has 1 aromatic carbocycles. The second kappa shape index (κ2) is 6.78. The molecule has 0 aliphatic carbocycles. The molecule has 1 saturated heterocycles. The van der Waals surface area contributed by atoms with E-state index >= 15 is 0 Å². The average molecular weight is 344 g/mol. The molecule has 1 aliphatic heterocycles. The van der Waals surface area contributed by atoms with Gasteiger partial charge in [0.05, 0.1) is 24.8 Å². The van der Waals surface area contributed by atoms with Gasteiger partial charge >= 0.3 is 0 Å². The summed E-state index contributed by atoms with van der Waals surface area (Å²) in [6.07, 6.45) is 2.19. The van der Waals surface area contributed by atoms with Crippen molar-refractivity contribution in [2.45, 2.75) is 31.9 Å². The summed E-state index contributed by atoms with van der Waals surface area (Å²) < 4.78 is 17.4. The molecule has 2 rings (SSSR count). The lowest BCUT2D eigenvalue weighted by Crippen LogP contribution is -2.28. The molecule has 1 aromatic rings. The molecular formula is C15H22BrNO3. The molecule has 0 spiro atoms. The Balaban J connectivity index is 2.35. The highest BCUT2D eigenvalue weighted by Crippen LogP contribution is 2.40. The molecule has 3 atom stereocenters. The van der Waals surface area contributed by atoms with Crippen LogP contribution in [0.3, 0.4) is 0 Å². The highest BCUT2D eigenvalue weighted by atomic mass is 79.9. The van der Waals surface area contributed by atoms with E-state index in [1.807, 2.05) is 12.1 Å². The Kier molecular flexibility index (Phi) is 5.29. The lowest BCUT2D eigenvalue weighted by Gasteiger charge is -2.26. The summed E-state index contributed by atoms with van der Waals surface area (Å²) in [5, 5.41) is 0. The first kappa shape index (κ1) is 15.6. The maximum absolute atomic E-state index is 6.49. The molecule has 3 unspecified atom stereocenters. The molecular weight excluding hydrogens is 322 g/mol. The van der Waals surface area contributed by atoms with E-state index in [4.69, 9.17) is 19.9 Å². The van der Waals surface area contributed by atoms with Crippen molar-refractivity contribution in [2.75, 3.05) is 20.8 Å². The van der Waals surface area contributed by atoms with E-state index < -0.39 is 0 Å². The summed E-state index contributed by atoms with van der Waals surface area (Å²) in [4.78, 5) is 0. The van der Waals surface area contributed by atoms with Crippen molar-refractivity contribution in [1.82, 2.24) is 0 Å². The van der Waals surface area contributed by atoms with E-state index in [-0.39, 0.29) is 12.1 Å². The van der Waals surface area contributed by atoms with E-state index in [0.717, 1.165) is 41.0 Å². The van der Waals surface area contributed by atoms with E-state index in [0.29, 0.717) is 5.92 Å². The van der Waals surface area contributed by atoms with E-state index in [1.165, 1.54) is 0 Å². The molecule has 4 nitrogen and oxygen atoms in total. The van der Waals surface area contributed by atoms with Gasteiger partial charge in [0.25, 0.3) is 0 Å². The normalized spacial score (nSPS) is 23.6. The van der Waals surface area contributed by atoms with Gasteiger partial charge in [-0.3, -0.25) is 0 Å². The number of hydrogen-bond acceptors (Lipinski definition) is 4. The van der Waals surface area contributed by atoms with Gasteiger partial charge in [-0.05, 0) is 40.9 Å². The van der Waals surface area contributed by atoms with Gasteiger partial charge < -0.3 is 19.9 Å². The fraction of sp³-hybridized carbons (Fsp3) is 0.600. The Morgan fingerprint density at radius 2 is 2.05 bits per heavy atom. The molecule has 0 amide bonds. The highest BCUT2D eigenvalue weighted by molar-refractivity contribution is 9.10. The highest BCUT2D eigenvalue weighted by Gasteiger charge is 2.34. The quantitative estimate of drug-likeness (QED) is 0.891. The zero-order valence-electron chi connectivity index (χ0n) is 12.2. The van der Waals surface area contributed by atoms with Crippen LogP contribution in [-0.4, -0.2) is 26.9 Å². The van der Waals surface area contributed by atoms with Gasteiger partial charge in [-0.15, -0.1) is 0 Å². The number of methoxy groups -OCH3 is 2. The van der Waals surface area contributed by atoms with Crippen LogP contribution < -0.4 is 15.2 Å². The van der Waals surface area contributed by atoms with Crippen molar-refractivity contribution in [2.24, 2.45) is 11.7 Å². The molecule has 5 heteroatoms. The summed E-state index contributed by atoms with van der Waals surface area (Å²) >= 11 is 3.47. The molecule has 20 heavy (non-hydrogen) atoms. The van der Waals surface area contributed by atoms with E-state index in [2.05, 4.69) is 22.9 Å². The Morgan fingerprint density at radius 1 is 1.35 bits per heavy atom. The van der Waals surface area contributed by atoms with Crippen molar-refractivity contribution in [3.05, 3.63) is 22.2 Å². The van der Waals surface area contributed by atoms with Gasteiger partial charge in [0.2, 0.25) is 0 Å². The van der Waals surface area contributed by atoms with Crippen LogP contribution in [0.4, 0.5) is 0 Å². The van der Waals surface area contributed by atoms with Crippen molar-refractivity contribution in [1.29, 1.82) is 0 Å². The number of benzene rings is 1. The third-order valence-corrected chi connectivity index (χ3v) is 4.61. The van der Waals surface area contributed by atoms with Crippen LogP contribution in [0.25, 0.3) is 0 Å². The van der Waals surface area contributed by atoms with Crippen molar-refractivity contribution < 1.29 is 14.2 Å². The van der Waals surface area contributed by atoms with Gasteiger partial charge in [0, 0.05) is 24.1 Å². The summed E-state index contributed by atoms with van der Waals surface area (Å²) in [7, 11) is 3.31. The van der Waals surface area contributed by atoms with Gasteiger partial charge in [-0.1, -0.05) is 6.92 Å². The SMILES string of the molecule is CCC1OCCC1C(N)c1cc(OC)c(Br)cc1OC. The molecule has 1 heterocycles. The Morgan fingerprint density at radius 3 is 2.65 bits per heavy atom. The minimum Gasteiger partial charge on any atom is -0.496 e. The molecule has 0 radical (unpaired) electrons. The Hall–Kier alpha value is -0.780. The smallest absolute Gasteiger partial charge is 0.133 e. The van der Waals surface area contributed by atoms with Crippen LogP contribution in [0, 0.1) is 5.92 Å². The van der Waals surface area contributed by atoms with Crippen LogP contribution in [0.1, 0.15) is 31.4 Å². The maximum atomic E-state index is 6.49. The predicted molar refractivity (Wildman–Crippen MR) is 82.3 cm³/mol. The number of nitrogens with two attached hydrogens (primary N) is 1. The second-order valence-corrected chi connectivity index (χ2v) is 5.88. The first-order valence-corrected chi connectivity index (χ1v) is 7.70. The standard InChI is InChI=1S/C15H22BrNO3/c1-4-12-9(5-6-20-12)15(17)10-7-14(19-3)11(16)8-13(10)18-2/h7-9,12,15H,4-6,17H2,1-3H3. The van der Waals surface area contributed by atoms with Gasteiger partial charge in [-0.2, -0.15) is 0 Å². The molecule has 2 N–H and O–H groups in total. The van der Waals surface area contributed by atoms with E-state index in [1.54, 1.807) is 14.2 Å². The van der Waals surface area contributed by atoms with Gasteiger partial charge in [0.1, 0.15) is 11.5 Å². The van der Waals surface area contributed by atoms with Crippen molar-refractivity contribution in [3.8, 4) is 11.5 Å². The summed E-state index contributed by atoms with van der Waals surface area (Å²) in [5.74, 6) is 1.87. The fourth-order valence-corrected chi connectivity index (χ4v) is 3.36. The van der Waals surface area contributed by atoms with Gasteiger partial charge in [-0.25, -0.2) is 0 Å². The molecule has 1 aliphatic rings. The van der Waals surface area contributed by atoms with E-state index in [9.17, 15) is 0 Å². The summed E-state index contributed by atoms with van der Waals surface area (Å²) in [6.45, 7) is 2.92. The van der Waals surface area contributed by atoms with Crippen LogP contribution in [0.15, 0.2) is 16.6 Å². The monoisotopic (exact) mass is 343 g/mol. The second-order valence-electron chi connectivity index (χ2n) is 5.02. The molecule has 1 fully saturated rings. The van der Waals surface area contributed by atoms with Crippen molar-refractivity contribution >= 4 is 15.9 Å². The maximum Gasteiger partial charge on any atom is 0.133 e. The molecule has 0 saturated carbocycles. The third kappa shape index (κ3) is 2.95. The largest absolute Gasteiger partial charge is 0.496 e. The Bertz CT molecular complexity index is 467. The zero-order chi connectivity index (χ0) is 14.7. The number of ether oxygens (including phenoxy) is 3. The average Bonchev–Trinajstić information content (AvgIpc) is 2.94.